The van der Waals surface area contributed by atoms with Gasteiger partial charge in [0.15, 0.2) is 5.58 Å². The maximum atomic E-state index is 13.1. The van der Waals surface area contributed by atoms with E-state index in [4.69, 9.17) is 9.15 Å². The van der Waals surface area contributed by atoms with E-state index in [1.807, 2.05) is 0 Å². The van der Waals surface area contributed by atoms with Crippen molar-refractivity contribution in [1.29, 1.82) is 0 Å². The zero-order valence-corrected chi connectivity index (χ0v) is 15.4. The molecule has 1 aliphatic rings. The molecule has 27 heavy (non-hydrogen) atoms. The van der Waals surface area contributed by atoms with Gasteiger partial charge in [-0.3, -0.25) is 4.57 Å². The zero-order chi connectivity index (χ0) is 19.0. The lowest BCUT2D eigenvalue weighted by molar-refractivity contribution is 0.124. The van der Waals surface area contributed by atoms with Crippen LogP contribution in [0.1, 0.15) is 12.8 Å². The number of piperidine rings is 1. The molecule has 0 saturated carbocycles. The molecule has 10 heteroatoms. The van der Waals surface area contributed by atoms with Gasteiger partial charge in [-0.2, -0.15) is 4.31 Å². The molecule has 1 aromatic carbocycles. The number of rotatable bonds is 4. The van der Waals surface area contributed by atoms with Gasteiger partial charge in [-0.05, 0) is 31.0 Å². The van der Waals surface area contributed by atoms with Gasteiger partial charge in [0, 0.05) is 25.9 Å². The number of aryl methyl sites for hydroxylation is 1. The highest BCUT2D eigenvalue weighted by molar-refractivity contribution is 7.89. The quantitative estimate of drug-likeness (QED) is 0.658. The van der Waals surface area contributed by atoms with Crippen LogP contribution in [0.15, 0.2) is 50.9 Å². The minimum absolute atomic E-state index is 0.120. The molecule has 1 fully saturated rings. The van der Waals surface area contributed by atoms with Crippen LogP contribution < -0.4 is 10.5 Å². The van der Waals surface area contributed by atoms with Crippen molar-refractivity contribution in [1.82, 2.24) is 18.8 Å². The summed E-state index contributed by atoms with van der Waals surface area (Å²) in [6, 6.07) is 6.06. The lowest BCUT2D eigenvalue weighted by Crippen LogP contribution is -2.44. The van der Waals surface area contributed by atoms with E-state index in [-0.39, 0.29) is 17.5 Å². The fraction of sp³-hybridized carbons (Fsp3) is 0.353. The van der Waals surface area contributed by atoms with Gasteiger partial charge in [-0.1, -0.05) is 0 Å². The largest absolute Gasteiger partial charge is 0.473 e. The highest BCUT2D eigenvalue weighted by Crippen LogP contribution is 2.25. The van der Waals surface area contributed by atoms with Gasteiger partial charge >= 0.3 is 5.76 Å². The standard InChI is InChI=1S/C17H18N4O5S/c1-20-14-9-13(4-5-15(14)26-17(20)22)27(23,24)21-8-2-3-12(10-21)25-16-6-7-18-11-19-16/h4-7,9,11-12H,2-3,8,10H2,1H3. The molecule has 0 spiro atoms. The first-order valence-electron chi connectivity index (χ1n) is 8.47. The van der Waals surface area contributed by atoms with Crippen molar-refractivity contribution in [2.45, 2.75) is 23.8 Å². The summed E-state index contributed by atoms with van der Waals surface area (Å²) in [5, 5.41) is 0. The van der Waals surface area contributed by atoms with E-state index in [0.29, 0.717) is 29.9 Å². The number of ether oxygens (including phenoxy) is 1. The SMILES string of the molecule is Cn1c(=O)oc2ccc(S(=O)(=O)N3CCCC(Oc4ccncn4)C3)cc21. The van der Waals surface area contributed by atoms with Gasteiger partial charge < -0.3 is 9.15 Å². The van der Waals surface area contributed by atoms with E-state index >= 15 is 0 Å². The van der Waals surface area contributed by atoms with Crippen molar-refractivity contribution in [3.8, 4) is 5.88 Å². The number of hydrogen-bond donors (Lipinski definition) is 0. The van der Waals surface area contributed by atoms with E-state index in [1.165, 1.54) is 40.4 Å². The van der Waals surface area contributed by atoms with Crippen LogP contribution in [0.3, 0.4) is 0 Å². The van der Waals surface area contributed by atoms with Crippen molar-refractivity contribution in [3.05, 3.63) is 47.3 Å². The van der Waals surface area contributed by atoms with Crippen LogP contribution in [-0.2, 0) is 17.1 Å². The first-order valence-corrected chi connectivity index (χ1v) is 9.91. The molecular formula is C17H18N4O5S. The maximum Gasteiger partial charge on any atom is 0.419 e. The van der Waals surface area contributed by atoms with Crippen LogP contribution in [0.5, 0.6) is 5.88 Å². The number of nitrogens with zero attached hydrogens (tertiary/aromatic N) is 4. The van der Waals surface area contributed by atoms with Gasteiger partial charge in [0.25, 0.3) is 0 Å². The summed E-state index contributed by atoms with van der Waals surface area (Å²) >= 11 is 0. The van der Waals surface area contributed by atoms with E-state index < -0.39 is 15.8 Å². The van der Waals surface area contributed by atoms with Crippen molar-refractivity contribution >= 4 is 21.1 Å². The number of oxazole rings is 1. The van der Waals surface area contributed by atoms with Crippen LogP contribution >= 0.6 is 0 Å². The first-order chi connectivity index (χ1) is 12.9. The summed E-state index contributed by atoms with van der Waals surface area (Å²) in [4.78, 5) is 19.6. The Kier molecular flexibility index (Phi) is 4.44. The number of hydrogen-bond acceptors (Lipinski definition) is 7. The van der Waals surface area contributed by atoms with Crippen LogP contribution in [0.25, 0.3) is 11.1 Å². The lowest BCUT2D eigenvalue weighted by Gasteiger charge is -2.31. The van der Waals surface area contributed by atoms with Crippen LogP contribution in [0.4, 0.5) is 0 Å². The summed E-state index contributed by atoms with van der Waals surface area (Å²) in [6.45, 7) is 0.642. The fourth-order valence-electron chi connectivity index (χ4n) is 3.15. The molecular weight excluding hydrogens is 372 g/mol. The monoisotopic (exact) mass is 390 g/mol. The molecule has 0 amide bonds. The Labute approximate surface area is 155 Å². The van der Waals surface area contributed by atoms with Gasteiger partial charge in [0.2, 0.25) is 15.9 Å². The van der Waals surface area contributed by atoms with Crippen LogP contribution in [-0.4, -0.2) is 46.5 Å². The van der Waals surface area contributed by atoms with E-state index in [9.17, 15) is 13.2 Å². The molecule has 2 aromatic heterocycles. The molecule has 0 N–H and O–H groups in total. The number of benzene rings is 1. The van der Waals surface area contributed by atoms with E-state index in [0.717, 1.165) is 6.42 Å². The second kappa shape index (κ2) is 6.78. The van der Waals surface area contributed by atoms with Gasteiger partial charge in [-0.25, -0.2) is 23.2 Å². The molecule has 1 saturated heterocycles. The van der Waals surface area contributed by atoms with Crippen LogP contribution in [0.2, 0.25) is 0 Å². The zero-order valence-electron chi connectivity index (χ0n) is 14.6. The van der Waals surface area contributed by atoms with Crippen molar-refractivity contribution in [2.24, 2.45) is 7.05 Å². The number of sulfonamides is 1. The summed E-state index contributed by atoms with van der Waals surface area (Å²) in [6.07, 6.45) is 4.10. The Morgan fingerprint density at radius 2 is 2.15 bits per heavy atom. The normalized spacial score (nSPS) is 18.6. The highest BCUT2D eigenvalue weighted by atomic mass is 32.2. The van der Waals surface area contributed by atoms with Gasteiger partial charge in [0.1, 0.15) is 12.4 Å². The van der Waals surface area contributed by atoms with Gasteiger partial charge in [0.05, 0.1) is 17.0 Å². The van der Waals surface area contributed by atoms with Gasteiger partial charge in [-0.15, -0.1) is 0 Å². The fourth-order valence-corrected chi connectivity index (χ4v) is 4.69. The molecule has 0 radical (unpaired) electrons. The molecule has 3 aromatic rings. The molecule has 9 nitrogen and oxygen atoms in total. The Hall–Kier alpha value is -2.72. The Morgan fingerprint density at radius 3 is 2.93 bits per heavy atom. The third kappa shape index (κ3) is 3.33. The molecule has 1 unspecified atom stereocenters. The third-order valence-corrected chi connectivity index (χ3v) is 6.44. The summed E-state index contributed by atoms with van der Waals surface area (Å²) in [5.74, 6) is -0.111. The molecule has 0 aliphatic carbocycles. The molecule has 0 bridgehead atoms. The Bertz CT molecular complexity index is 1120. The smallest absolute Gasteiger partial charge is 0.419 e. The summed E-state index contributed by atoms with van der Waals surface area (Å²) in [7, 11) is -2.18. The van der Waals surface area contributed by atoms with Crippen molar-refractivity contribution in [3.63, 3.8) is 0 Å². The second-order valence-electron chi connectivity index (χ2n) is 6.35. The average Bonchev–Trinajstić information content (AvgIpc) is 2.96. The average molecular weight is 390 g/mol. The molecule has 1 atom stereocenters. The minimum atomic E-state index is -3.72. The summed E-state index contributed by atoms with van der Waals surface area (Å²) in [5.41, 5.74) is 0.789. The molecule has 1 aliphatic heterocycles. The van der Waals surface area contributed by atoms with Crippen molar-refractivity contribution in [2.75, 3.05) is 13.1 Å². The first kappa shape index (κ1) is 17.7. The Morgan fingerprint density at radius 1 is 1.30 bits per heavy atom. The summed E-state index contributed by atoms with van der Waals surface area (Å²) < 4.78 is 39.7. The second-order valence-corrected chi connectivity index (χ2v) is 8.29. The van der Waals surface area contributed by atoms with Crippen molar-refractivity contribution < 1.29 is 17.6 Å². The topological polar surface area (TPSA) is 108 Å². The predicted octanol–water partition coefficient (Wildman–Crippen LogP) is 1.15. The lowest BCUT2D eigenvalue weighted by atomic mass is 10.1. The Balaban J connectivity index is 1.59. The molecule has 4 rings (SSSR count). The van der Waals surface area contributed by atoms with E-state index in [1.54, 1.807) is 12.3 Å². The third-order valence-electron chi connectivity index (χ3n) is 4.58. The van der Waals surface area contributed by atoms with Crippen LogP contribution in [0, 0.1) is 0 Å². The maximum absolute atomic E-state index is 13.1. The molecule has 3 heterocycles. The highest BCUT2D eigenvalue weighted by Gasteiger charge is 2.31. The van der Waals surface area contributed by atoms with E-state index in [2.05, 4.69) is 9.97 Å². The minimum Gasteiger partial charge on any atom is -0.473 e. The number of aromatic nitrogens is 3. The predicted molar refractivity (Wildman–Crippen MR) is 95.9 cm³/mol. The number of fused-ring (bicyclic) bond motifs is 1. The molecule has 142 valence electrons.